The molecule has 156 valence electrons. The maximum Gasteiger partial charge on any atom is 0.262 e. The van der Waals surface area contributed by atoms with Crippen LogP contribution in [0.5, 0.6) is 11.6 Å². The number of carbonyl (C=O) groups is 1. The van der Waals surface area contributed by atoms with Gasteiger partial charge in [-0.3, -0.25) is 24.5 Å². The second-order valence-electron chi connectivity index (χ2n) is 6.81. The van der Waals surface area contributed by atoms with Crippen LogP contribution in [-0.4, -0.2) is 26.3 Å². The fourth-order valence-corrected chi connectivity index (χ4v) is 3.66. The molecule has 0 amide bonds. The third kappa shape index (κ3) is 3.71. The number of nitrogens with zero attached hydrogens (tertiary/aromatic N) is 1. The van der Waals surface area contributed by atoms with E-state index in [1.807, 2.05) is 13.0 Å². The molecule has 0 bridgehead atoms. The highest BCUT2D eigenvalue weighted by molar-refractivity contribution is 7.71. The fourth-order valence-electron chi connectivity index (χ4n) is 3.25. The fraction of sp³-hybridized carbons (Fsp3) is 0.0909. The SMILES string of the molecule is CCc1ccc2c(c1)C(=O)C(=Cc1c(O)n(-c3ccc(Cl)cc3)c(=S)[nH]c1=O)C(=N)O2. The van der Waals surface area contributed by atoms with Crippen LogP contribution in [0.1, 0.15) is 28.4 Å². The summed E-state index contributed by atoms with van der Waals surface area (Å²) in [6.45, 7) is 1.96. The topological polar surface area (TPSA) is 108 Å². The van der Waals surface area contributed by atoms with E-state index in [1.54, 1.807) is 36.4 Å². The number of H-pyrrole nitrogens is 1. The van der Waals surface area contributed by atoms with Crippen LogP contribution in [0.2, 0.25) is 5.02 Å². The summed E-state index contributed by atoms with van der Waals surface area (Å²) in [6, 6.07) is 11.6. The largest absolute Gasteiger partial charge is 0.494 e. The lowest BCUT2D eigenvalue weighted by molar-refractivity contribution is 0.103. The summed E-state index contributed by atoms with van der Waals surface area (Å²) in [7, 11) is 0. The highest BCUT2D eigenvalue weighted by Gasteiger charge is 2.29. The molecule has 0 fully saturated rings. The molecule has 2 aromatic carbocycles. The Hall–Kier alpha value is -3.49. The molecule has 1 aromatic heterocycles. The summed E-state index contributed by atoms with van der Waals surface area (Å²) in [5.74, 6) is -1.08. The molecule has 0 unspecified atom stereocenters. The van der Waals surface area contributed by atoms with Crippen molar-refractivity contribution in [2.24, 2.45) is 0 Å². The van der Waals surface area contributed by atoms with Gasteiger partial charge in [-0.15, -0.1) is 0 Å². The van der Waals surface area contributed by atoms with Crippen LogP contribution in [0.3, 0.4) is 0 Å². The number of carbonyl (C=O) groups excluding carboxylic acids is 1. The van der Waals surface area contributed by atoms with Crippen LogP contribution < -0.4 is 10.3 Å². The third-order valence-corrected chi connectivity index (χ3v) is 5.43. The van der Waals surface area contributed by atoms with E-state index in [4.69, 9.17) is 34.0 Å². The second-order valence-corrected chi connectivity index (χ2v) is 7.63. The molecule has 0 aliphatic carbocycles. The lowest BCUT2D eigenvalue weighted by Gasteiger charge is -2.20. The molecule has 0 saturated heterocycles. The maximum atomic E-state index is 13.1. The van der Waals surface area contributed by atoms with E-state index in [9.17, 15) is 14.7 Å². The van der Waals surface area contributed by atoms with E-state index in [0.29, 0.717) is 16.3 Å². The summed E-state index contributed by atoms with van der Waals surface area (Å²) >= 11 is 11.1. The Balaban J connectivity index is 1.88. The van der Waals surface area contributed by atoms with Crippen molar-refractivity contribution in [3.8, 4) is 17.3 Å². The molecule has 0 spiro atoms. The zero-order valence-corrected chi connectivity index (χ0v) is 17.8. The normalized spacial score (nSPS) is 14.5. The number of nitrogens with one attached hydrogen (secondary N) is 2. The Kier molecular flexibility index (Phi) is 5.34. The van der Waals surface area contributed by atoms with Gasteiger partial charge >= 0.3 is 0 Å². The molecule has 1 aliphatic heterocycles. The smallest absolute Gasteiger partial charge is 0.262 e. The minimum absolute atomic E-state index is 0.0359. The van der Waals surface area contributed by atoms with Crippen LogP contribution in [0.4, 0.5) is 0 Å². The predicted molar refractivity (Wildman–Crippen MR) is 120 cm³/mol. The van der Waals surface area contributed by atoms with Gasteiger partial charge in [0.1, 0.15) is 11.3 Å². The zero-order chi connectivity index (χ0) is 22.3. The first-order chi connectivity index (χ1) is 14.8. The van der Waals surface area contributed by atoms with Gasteiger partial charge in [0.2, 0.25) is 17.6 Å². The number of halogens is 1. The molecule has 31 heavy (non-hydrogen) atoms. The second kappa shape index (κ2) is 7.98. The van der Waals surface area contributed by atoms with E-state index < -0.39 is 23.1 Å². The average Bonchev–Trinajstić information content (AvgIpc) is 2.74. The minimum Gasteiger partial charge on any atom is -0.494 e. The monoisotopic (exact) mass is 453 g/mol. The van der Waals surface area contributed by atoms with Gasteiger partial charge in [0, 0.05) is 5.02 Å². The number of aromatic hydroxyl groups is 1. The van der Waals surface area contributed by atoms with Crippen LogP contribution in [0, 0.1) is 10.2 Å². The molecular weight excluding hydrogens is 438 g/mol. The van der Waals surface area contributed by atoms with Crippen molar-refractivity contribution in [2.75, 3.05) is 0 Å². The Labute approximate surface area is 186 Å². The molecule has 3 N–H and O–H groups in total. The third-order valence-electron chi connectivity index (χ3n) is 4.89. The number of hydrogen-bond acceptors (Lipinski definition) is 6. The first-order valence-corrected chi connectivity index (χ1v) is 10.1. The summed E-state index contributed by atoms with van der Waals surface area (Å²) in [6.07, 6.45) is 1.86. The van der Waals surface area contributed by atoms with Gasteiger partial charge in [-0.1, -0.05) is 24.6 Å². The number of hydrogen-bond donors (Lipinski definition) is 3. The predicted octanol–water partition coefficient (Wildman–Crippen LogP) is 4.45. The van der Waals surface area contributed by atoms with Gasteiger partial charge in [-0.05, 0) is 66.7 Å². The van der Waals surface area contributed by atoms with Gasteiger partial charge in [0.25, 0.3) is 5.56 Å². The number of Topliss-reactive ketones (excluding diaryl/α,β-unsaturated/α-hetero) is 1. The molecule has 0 atom stereocenters. The highest BCUT2D eigenvalue weighted by atomic mass is 35.5. The van der Waals surface area contributed by atoms with Crippen LogP contribution in [-0.2, 0) is 6.42 Å². The standard InChI is InChI=1S/C22H16ClN3O4S/c1-2-11-3-8-17-14(9-11)18(27)15(19(24)30-17)10-16-20(28)25-22(31)26(21(16)29)13-6-4-12(23)5-7-13/h3-10,24,29H,2H2,1H3,(H,25,28,31). The molecule has 0 radical (unpaired) electrons. The molecule has 0 saturated carbocycles. The van der Waals surface area contributed by atoms with Crippen LogP contribution in [0.15, 0.2) is 52.8 Å². The van der Waals surface area contributed by atoms with E-state index in [2.05, 4.69) is 4.98 Å². The molecule has 1 aliphatic rings. The van der Waals surface area contributed by atoms with E-state index in [0.717, 1.165) is 18.1 Å². The maximum absolute atomic E-state index is 13.1. The van der Waals surface area contributed by atoms with Crippen molar-refractivity contribution in [3.05, 3.63) is 84.9 Å². The quantitative estimate of drug-likeness (QED) is 0.401. The Morgan fingerprint density at radius 1 is 1.23 bits per heavy atom. The lowest BCUT2D eigenvalue weighted by atomic mass is 9.96. The summed E-state index contributed by atoms with van der Waals surface area (Å²) in [5, 5.41) is 19.5. The Bertz CT molecular complexity index is 1390. The molecule has 9 heteroatoms. The van der Waals surface area contributed by atoms with Crippen LogP contribution >= 0.6 is 23.8 Å². The number of aryl methyl sites for hydroxylation is 1. The number of aromatic nitrogens is 2. The molecule has 4 rings (SSSR count). The van der Waals surface area contributed by atoms with Crippen molar-refractivity contribution in [1.82, 2.24) is 9.55 Å². The van der Waals surface area contributed by atoms with E-state index in [1.165, 1.54) is 4.57 Å². The van der Waals surface area contributed by atoms with Crippen molar-refractivity contribution in [1.29, 1.82) is 5.41 Å². The van der Waals surface area contributed by atoms with Gasteiger partial charge in [0.05, 0.1) is 16.8 Å². The first-order valence-electron chi connectivity index (χ1n) is 9.30. The average molecular weight is 454 g/mol. The van der Waals surface area contributed by atoms with Gasteiger partial charge in [-0.2, -0.15) is 0 Å². The van der Waals surface area contributed by atoms with Gasteiger partial charge in [0.15, 0.2) is 4.77 Å². The molecular formula is C22H16ClN3O4S. The summed E-state index contributed by atoms with van der Waals surface area (Å²) in [5.41, 5.74) is 0.607. The molecule has 3 aromatic rings. The van der Waals surface area contributed by atoms with Crippen molar-refractivity contribution in [3.63, 3.8) is 0 Å². The summed E-state index contributed by atoms with van der Waals surface area (Å²) in [4.78, 5) is 28.1. The van der Waals surface area contributed by atoms with Gasteiger partial charge in [-0.25, -0.2) is 0 Å². The number of rotatable bonds is 3. The van der Waals surface area contributed by atoms with Crippen LogP contribution in [0.25, 0.3) is 11.8 Å². The van der Waals surface area contributed by atoms with E-state index in [-0.39, 0.29) is 21.7 Å². The molecule has 7 nitrogen and oxygen atoms in total. The summed E-state index contributed by atoms with van der Waals surface area (Å²) < 4.78 is 6.68. The lowest BCUT2D eigenvalue weighted by Crippen LogP contribution is -2.25. The number of fused-ring (bicyclic) bond motifs is 1. The number of aromatic amines is 1. The van der Waals surface area contributed by atoms with Crippen molar-refractivity contribution < 1.29 is 14.6 Å². The van der Waals surface area contributed by atoms with Crippen molar-refractivity contribution >= 4 is 41.6 Å². The Morgan fingerprint density at radius 3 is 2.61 bits per heavy atom. The highest BCUT2D eigenvalue weighted by Crippen LogP contribution is 2.31. The minimum atomic E-state index is -0.700. The first kappa shape index (κ1) is 20.8. The zero-order valence-electron chi connectivity index (χ0n) is 16.2. The number of benzene rings is 2. The van der Waals surface area contributed by atoms with Crippen molar-refractivity contribution in [2.45, 2.75) is 13.3 Å². The van der Waals surface area contributed by atoms with Gasteiger partial charge < -0.3 is 9.84 Å². The van der Waals surface area contributed by atoms with E-state index >= 15 is 0 Å². The Morgan fingerprint density at radius 2 is 1.94 bits per heavy atom. The number of ether oxygens (including phenoxy) is 1. The molecule has 2 heterocycles. The number of ketones is 1.